The quantitative estimate of drug-likeness (QED) is 0.771. The van der Waals surface area contributed by atoms with Crippen molar-refractivity contribution in [1.29, 1.82) is 0 Å². The molecule has 0 fully saturated rings. The molecule has 5 heteroatoms. The van der Waals surface area contributed by atoms with Gasteiger partial charge in [0.05, 0.1) is 0 Å². The van der Waals surface area contributed by atoms with E-state index in [2.05, 4.69) is 10.3 Å². The molecule has 0 atom stereocenters. The summed E-state index contributed by atoms with van der Waals surface area (Å²) in [7, 11) is 0. The largest absolute Gasteiger partial charge is 0.413 e. The van der Waals surface area contributed by atoms with Gasteiger partial charge in [-0.2, -0.15) is 0 Å². The molecule has 0 aromatic carbocycles. The summed E-state index contributed by atoms with van der Waals surface area (Å²) in [5, 5.41) is 2.86. The lowest BCUT2D eigenvalue weighted by molar-refractivity contribution is 0.190. The van der Waals surface area contributed by atoms with Gasteiger partial charge in [0.25, 0.3) is 0 Å². The molecule has 0 aliphatic rings. The Morgan fingerprint density at radius 2 is 2.12 bits per heavy atom. The van der Waals surface area contributed by atoms with Crippen molar-refractivity contribution < 1.29 is 9.53 Å². The Balaban J connectivity index is 2.78. The van der Waals surface area contributed by atoms with Crippen molar-refractivity contribution in [2.45, 2.75) is 33.2 Å². The Kier molecular flexibility index (Phi) is 3.75. The minimum absolute atomic E-state index is 0.184. The van der Waals surface area contributed by atoms with E-state index in [-0.39, 0.29) is 10.7 Å². The lowest BCUT2D eigenvalue weighted by Gasteiger charge is -2.20. The number of amides is 1. The first-order chi connectivity index (χ1) is 7.29. The lowest BCUT2D eigenvalue weighted by atomic mass is 10.1. The molecule has 4 nitrogen and oxygen atoms in total. The number of aromatic nitrogens is 1. The minimum atomic E-state index is -0.537. The van der Waals surface area contributed by atoms with Crippen LogP contribution in [-0.2, 0) is 0 Å². The van der Waals surface area contributed by atoms with Gasteiger partial charge >= 0.3 is 6.09 Å². The van der Waals surface area contributed by atoms with Gasteiger partial charge in [0, 0.05) is 11.7 Å². The molecule has 1 aromatic rings. The molecule has 1 amide bonds. The number of nitrogens with one attached hydrogen (secondary N) is 1. The van der Waals surface area contributed by atoms with Gasteiger partial charge < -0.3 is 10.1 Å². The monoisotopic (exact) mass is 242 g/mol. The summed E-state index contributed by atoms with van der Waals surface area (Å²) in [6.45, 7) is 7.40. The van der Waals surface area contributed by atoms with Crippen LogP contribution < -0.4 is 10.1 Å². The fourth-order valence-corrected chi connectivity index (χ4v) is 1.30. The third-order valence-electron chi connectivity index (χ3n) is 1.73. The zero-order valence-corrected chi connectivity index (χ0v) is 10.6. The number of nitrogens with zero attached hydrogens (tertiary/aromatic N) is 1. The van der Waals surface area contributed by atoms with Crippen LogP contribution in [-0.4, -0.2) is 16.6 Å². The maximum atomic E-state index is 11.5. The molecular weight excluding hydrogens is 228 g/mol. The first-order valence-electron chi connectivity index (χ1n) is 4.91. The van der Waals surface area contributed by atoms with Crippen molar-refractivity contribution in [1.82, 2.24) is 10.3 Å². The van der Waals surface area contributed by atoms with Crippen molar-refractivity contribution >= 4 is 17.7 Å². The second-order valence-electron chi connectivity index (χ2n) is 4.51. The fraction of sp³-hybridized carbons (Fsp3) is 0.455. The SMILES string of the molecule is Cc1ccnc(Cl)c1OC(=O)NC(C)(C)C. The standard InChI is InChI=1S/C11H15ClN2O2/c1-7-5-6-13-9(12)8(7)16-10(15)14-11(2,3)4/h5-6H,1-4H3,(H,14,15). The molecule has 0 aliphatic carbocycles. The lowest BCUT2D eigenvalue weighted by Crippen LogP contribution is -2.42. The number of ether oxygens (including phenoxy) is 1. The van der Waals surface area contributed by atoms with E-state index in [0.717, 1.165) is 5.56 Å². The highest BCUT2D eigenvalue weighted by Gasteiger charge is 2.17. The summed E-state index contributed by atoms with van der Waals surface area (Å²) in [6, 6.07) is 1.73. The van der Waals surface area contributed by atoms with Gasteiger partial charge in [-0.1, -0.05) is 11.6 Å². The summed E-state index contributed by atoms with van der Waals surface area (Å²) in [6.07, 6.45) is 1.03. The van der Waals surface area contributed by atoms with Crippen molar-refractivity contribution in [3.63, 3.8) is 0 Å². The summed E-state index contributed by atoms with van der Waals surface area (Å²) in [5.74, 6) is 0.297. The second-order valence-corrected chi connectivity index (χ2v) is 4.87. The third-order valence-corrected chi connectivity index (χ3v) is 2.00. The number of rotatable bonds is 1. The van der Waals surface area contributed by atoms with Crippen LogP contribution in [0.4, 0.5) is 4.79 Å². The van der Waals surface area contributed by atoms with E-state index >= 15 is 0 Å². The van der Waals surface area contributed by atoms with Crippen LogP contribution in [0, 0.1) is 6.92 Å². The smallest absolute Gasteiger partial charge is 0.407 e. The molecule has 0 spiro atoms. The Bertz CT molecular complexity index is 379. The maximum Gasteiger partial charge on any atom is 0.413 e. The van der Waals surface area contributed by atoms with Crippen LogP contribution >= 0.6 is 11.6 Å². The molecule has 0 saturated heterocycles. The van der Waals surface area contributed by atoms with E-state index < -0.39 is 6.09 Å². The van der Waals surface area contributed by atoms with Crippen molar-refractivity contribution in [3.8, 4) is 5.75 Å². The van der Waals surface area contributed by atoms with Crippen LogP contribution in [0.1, 0.15) is 26.3 Å². The van der Waals surface area contributed by atoms with E-state index in [1.54, 1.807) is 19.2 Å². The van der Waals surface area contributed by atoms with Crippen LogP contribution in [0.2, 0.25) is 5.15 Å². The minimum Gasteiger partial charge on any atom is -0.407 e. The molecule has 0 saturated carbocycles. The third kappa shape index (κ3) is 3.70. The van der Waals surface area contributed by atoms with Crippen molar-refractivity contribution in [2.75, 3.05) is 0 Å². The molecule has 0 bridgehead atoms. The molecule has 88 valence electrons. The number of halogens is 1. The zero-order chi connectivity index (χ0) is 12.3. The summed E-state index contributed by atoms with van der Waals surface area (Å²) in [4.78, 5) is 15.4. The molecule has 0 aliphatic heterocycles. The van der Waals surface area contributed by atoms with E-state index in [0.29, 0.717) is 5.75 Å². The van der Waals surface area contributed by atoms with Gasteiger partial charge in [-0.05, 0) is 39.3 Å². The van der Waals surface area contributed by atoms with Crippen LogP contribution in [0.25, 0.3) is 0 Å². The number of hydrogen-bond acceptors (Lipinski definition) is 3. The van der Waals surface area contributed by atoms with Crippen LogP contribution in [0.3, 0.4) is 0 Å². The number of hydrogen-bond donors (Lipinski definition) is 1. The van der Waals surface area contributed by atoms with Crippen LogP contribution in [0.15, 0.2) is 12.3 Å². The van der Waals surface area contributed by atoms with Crippen molar-refractivity contribution in [2.24, 2.45) is 0 Å². The Labute approximate surface area is 100.0 Å². The van der Waals surface area contributed by atoms with E-state index in [1.165, 1.54) is 0 Å². The molecule has 1 rings (SSSR count). The Hall–Kier alpha value is -1.29. The van der Waals surface area contributed by atoms with E-state index in [9.17, 15) is 4.79 Å². The maximum absolute atomic E-state index is 11.5. The fourth-order valence-electron chi connectivity index (χ4n) is 1.06. The van der Waals surface area contributed by atoms with Gasteiger partial charge in [-0.3, -0.25) is 0 Å². The summed E-state index contributed by atoms with van der Waals surface area (Å²) < 4.78 is 5.11. The van der Waals surface area contributed by atoms with Crippen molar-refractivity contribution in [3.05, 3.63) is 23.0 Å². The second kappa shape index (κ2) is 4.70. The molecule has 1 heterocycles. The van der Waals surface area contributed by atoms with Gasteiger partial charge in [-0.25, -0.2) is 9.78 Å². The molecule has 0 radical (unpaired) electrons. The van der Waals surface area contributed by atoms with Gasteiger partial charge in [0.2, 0.25) is 0 Å². The number of carbonyl (C=O) groups excluding carboxylic acids is 1. The topological polar surface area (TPSA) is 51.2 Å². The molecule has 1 aromatic heterocycles. The highest BCUT2D eigenvalue weighted by atomic mass is 35.5. The normalized spacial score (nSPS) is 11.1. The Morgan fingerprint density at radius 1 is 1.50 bits per heavy atom. The van der Waals surface area contributed by atoms with Gasteiger partial charge in [0.1, 0.15) is 0 Å². The number of aryl methyl sites for hydroxylation is 1. The highest BCUT2D eigenvalue weighted by Crippen LogP contribution is 2.25. The molecule has 0 unspecified atom stereocenters. The predicted molar refractivity (Wildman–Crippen MR) is 62.9 cm³/mol. The molecule has 16 heavy (non-hydrogen) atoms. The average Bonchev–Trinajstić information content (AvgIpc) is 2.08. The summed E-state index contributed by atoms with van der Waals surface area (Å²) >= 11 is 5.83. The average molecular weight is 243 g/mol. The van der Waals surface area contributed by atoms with Gasteiger partial charge in [0.15, 0.2) is 10.9 Å². The zero-order valence-electron chi connectivity index (χ0n) is 9.80. The molecular formula is C11H15ClN2O2. The molecule has 1 N–H and O–H groups in total. The summed E-state index contributed by atoms with van der Waals surface area (Å²) in [5.41, 5.74) is 0.420. The first kappa shape index (κ1) is 12.8. The number of carbonyl (C=O) groups is 1. The van der Waals surface area contributed by atoms with Gasteiger partial charge in [-0.15, -0.1) is 0 Å². The van der Waals surface area contributed by atoms with Crippen LogP contribution in [0.5, 0.6) is 5.75 Å². The van der Waals surface area contributed by atoms with E-state index in [4.69, 9.17) is 16.3 Å². The predicted octanol–water partition coefficient (Wildman–Crippen LogP) is 2.93. The number of pyridine rings is 1. The van der Waals surface area contributed by atoms with E-state index in [1.807, 2.05) is 20.8 Å². The Morgan fingerprint density at radius 3 is 2.62 bits per heavy atom. The first-order valence-corrected chi connectivity index (χ1v) is 5.28. The highest BCUT2D eigenvalue weighted by molar-refractivity contribution is 6.31.